The SMILES string of the molecule is Cn1c(C=O)cc2oc3ccccc3c21. The summed E-state index contributed by atoms with van der Waals surface area (Å²) < 4.78 is 7.49. The zero-order valence-corrected chi connectivity index (χ0v) is 8.23. The minimum absolute atomic E-state index is 0.634. The summed E-state index contributed by atoms with van der Waals surface area (Å²) in [7, 11) is 1.87. The monoisotopic (exact) mass is 199 g/mol. The van der Waals surface area contributed by atoms with Gasteiger partial charge in [0.2, 0.25) is 0 Å². The number of furan rings is 1. The molecule has 3 heteroatoms. The quantitative estimate of drug-likeness (QED) is 0.565. The van der Waals surface area contributed by atoms with Crippen molar-refractivity contribution in [2.24, 2.45) is 7.05 Å². The fourth-order valence-electron chi connectivity index (χ4n) is 1.97. The molecule has 0 saturated heterocycles. The number of hydrogen-bond acceptors (Lipinski definition) is 2. The molecule has 0 bridgehead atoms. The Morgan fingerprint density at radius 1 is 1.27 bits per heavy atom. The van der Waals surface area contributed by atoms with Gasteiger partial charge in [-0.2, -0.15) is 0 Å². The van der Waals surface area contributed by atoms with Crippen LogP contribution in [0.15, 0.2) is 34.7 Å². The molecule has 0 amide bonds. The predicted molar refractivity (Wildman–Crippen MR) is 58.1 cm³/mol. The van der Waals surface area contributed by atoms with Crippen LogP contribution in [0.3, 0.4) is 0 Å². The van der Waals surface area contributed by atoms with E-state index >= 15 is 0 Å². The average Bonchev–Trinajstić information content (AvgIpc) is 2.75. The fourth-order valence-corrected chi connectivity index (χ4v) is 1.97. The molecule has 3 nitrogen and oxygen atoms in total. The summed E-state index contributed by atoms with van der Waals surface area (Å²) in [5, 5.41) is 1.04. The molecule has 0 aliphatic heterocycles. The molecule has 0 atom stereocenters. The van der Waals surface area contributed by atoms with Gasteiger partial charge in [0, 0.05) is 18.5 Å². The van der Waals surface area contributed by atoms with Crippen molar-refractivity contribution in [3.8, 4) is 0 Å². The van der Waals surface area contributed by atoms with E-state index in [2.05, 4.69) is 0 Å². The maximum Gasteiger partial charge on any atom is 0.166 e. The third-order valence-corrected chi connectivity index (χ3v) is 2.72. The predicted octanol–water partition coefficient (Wildman–Crippen LogP) is 2.74. The molecule has 0 N–H and O–H groups in total. The van der Waals surface area contributed by atoms with E-state index in [1.165, 1.54) is 0 Å². The van der Waals surface area contributed by atoms with Gasteiger partial charge in [0.05, 0.1) is 11.2 Å². The largest absolute Gasteiger partial charge is 0.454 e. The van der Waals surface area contributed by atoms with Crippen LogP contribution in [0.5, 0.6) is 0 Å². The molecule has 1 aromatic carbocycles. The molecule has 3 aromatic rings. The van der Waals surface area contributed by atoms with Gasteiger partial charge < -0.3 is 8.98 Å². The van der Waals surface area contributed by atoms with Crippen molar-refractivity contribution >= 4 is 28.4 Å². The van der Waals surface area contributed by atoms with Gasteiger partial charge in [-0.05, 0) is 12.1 Å². The van der Waals surface area contributed by atoms with Gasteiger partial charge in [0.25, 0.3) is 0 Å². The Balaban J connectivity index is 2.56. The number of aryl methyl sites for hydroxylation is 1. The van der Waals surface area contributed by atoms with E-state index in [0.29, 0.717) is 5.69 Å². The molecule has 2 heterocycles. The van der Waals surface area contributed by atoms with Crippen molar-refractivity contribution in [1.29, 1.82) is 0 Å². The molecular weight excluding hydrogens is 190 g/mol. The second-order valence-electron chi connectivity index (χ2n) is 3.56. The summed E-state index contributed by atoms with van der Waals surface area (Å²) in [6.07, 6.45) is 0.838. The summed E-state index contributed by atoms with van der Waals surface area (Å²) in [4.78, 5) is 10.8. The van der Waals surface area contributed by atoms with Gasteiger partial charge in [0.15, 0.2) is 11.9 Å². The zero-order valence-electron chi connectivity index (χ0n) is 8.23. The third-order valence-electron chi connectivity index (χ3n) is 2.72. The molecule has 15 heavy (non-hydrogen) atoms. The molecule has 0 fully saturated rings. The van der Waals surface area contributed by atoms with Crippen LogP contribution in [0.1, 0.15) is 10.5 Å². The van der Waals surface area contributed by atoms with Crippen molar-refractivity contribution in [2.75, 3.05) is 0 Å². The molecule has 0 spiro atoms. The standard InChI is InChI=1S/C12H9NO2/c1-13-8(7-14)6-11-12(13)9-4-2-3-5-10(9)15-11/h2-7H,1H3. The van der Waals surface area contributed by atoms with Crippen LogP contribution in [0, 0.1) is 0 Å². The number of rotatable bonds is 1. The Labute approximate surface area is 85.9 Å². The zero-order chi connectivity index (χ0) is 10.4. The molecule has 3 rings (SSSR count). The highest BCUT2D eigenvalue weighted by molar-refractivity contribution is 6.05. The number of para-hydroxylation sites is 1. The third kappa shape index (κ3) is 0.973. The van der Waals surface area contributed by atoms with Gasteiger partial charge in [-0.25, -0.2) is 0 Å². The number of carbonyl (C=O) groups excluding carboxylic acids is 1. The van der Waals surface area contributed by atoms with Crippen LogP contribution < -0.4 is 0 Å². The molecule has 0 unspecified atom stereocenters. The first-order valence-electron chi connectivity index (χ1n) is 4.73. The Bertz CT molecular complexity index is 661. The molecule has 0 radical (unpaired) electrons. The van der Waals surface area contributed by atoms with Crippen molar-refractivity contribution in [3.63, 3.8) is 0 Å². The normalized spacial score (nSPS) is 11.3. The number of fused-ring (bicyclic) bond motifs is 3. The molecule has 0 aliphatic carbocycles. The van der Waals surface area contributed by atoms with Crippen LogP contribution in [-0.4, -0.2) is 10.9 Å². The van der Waals surface area contributed by atoms with Crippen molar-refractivity contribution in [1.82, 2.24) is 4.57 Å². The smallest absolute Gasteiger partial charge is 0.166 e. The van der Waals surface area contributed by atoms with Gasteiger partial charge in [-0.15, -0.1) is 0 Å². The lowest BCUT2D eigenvalue weighted by Crippen LogP contribution is -1.92. The summed E-state index contributed by atoms with van der Waals surface area (Å²) in [6, 6.07) is 9.59. The average molecular weight is 199 g/mol. The van der Waals surface area contributed by atoms with Crippen LogP contribution in [-0.2, 0) is 7.05 Å². The van der Waals surface area contributed by atoms with Gasteiger partial charge >= 0.3 is 0 Å². The molecule has 0 saturated carbocycles. The highest BCUT2D eigenvalue weighted by atomic mass is 16.3. The lowest BCUT2D eigenvalue weighted by Gasteiger charge is -1.95. The van der Waals surface area contributed by atoms with Crippen molar-refractivity contribution in [3.05, 3.63) is 36.0 Å². The van der Waals surface area contributed by atoms with E-state index in [4.69, 9.17) is 4.42 Å². The summed E-state index contributed by atoms with van der Waals surface area (Å²) >= 11 is 0. The first kappa shape index (κ1) is 8.29. The number of aromatic nitrogens is 1. The van der Waals surface area contributed by atoms with Crippen LogP contribution in [0.2, 0.25) is 0 Å². The lowest BCUT2D eigenvalue weighted by molar-refractivity contribution is 0.111. The fraction of sp³-hybridized carbons (Fsp3) is 0.0833. The Hall–Kier alpha value is -2.03. The van der Waals surface area contributed by atoms with Gasteiger partial charge in [0.1, 0.15) is 5.58 Å². The lowest BCUT2D eigenvalue weighted by atomic mass is 10.2. The molecular formula is C12H9NO2. The Morgan fingerprint density at radius 2 is 2.07 bits per heavy atom. The van der Waals surface area contributed by atoms with Gasteiger partial charge in [-0.3, -0.25) is 4.79 Å². The van der Waals surface area contributed by atoms with E-state index < -0.39 is 0 Å². The maximum atomic E-state index is 10.8. The summed E-state index contributed by atoms with van der Waals surface area (Å²) in [5.41, 5.74) is 3.23. The second kappa shape index (κ2) is 2.73. The number of aldehydes is 1. The number of carbonyl (C=O) groups is 1. The summed E-state index contributed by atoms with van der Waals surface area (Å²) in [6.45, 7) is 0. The summed E-state index contributed by atoms with van der Waals surface area (Å²) in [5.74, 6) is 0. The first-order chi connectivity index (χ1) is 7.31. The first-order valence-corrected chi connectivity index (χ1v) is 4.73. The van der Waals surface area contributed by atoms with Crippen LogP contribution >= 0.6 is 0 Å². The number of hydrogen-bond donors (Lipinski definition) is 0. The van der Waals surface area contributed by atoms with E-state index in [1.807, 2.05) is 35.9 Å². The molecule has 0 aliphatic rings. The Morgan fingerprint density at radius 3 is 2.87 bits per heavy atom. The van der Waals surface area contributed by atoms with Crippen molar-refractivity contribution in [2.45, 2.75) is 0 Å². The van der Waals surface area contributed by atoms with Gasteiger partial charge in [-0.1, -0.05) is 12.1 Å². The topological polar surface area (TPSA) is 35.1 Å². The second-order valence-corrected chi connectivity index (χ2v) is 3.56. The van der Waals surface area contributed by atoms with E-state index in [-0.39, 0.29) is 0 Å². The van der Waals surface area contributed by atoms with Crippen molar-refractivity contribution < 1.29 is 9.21 Å². The molecule has 74 valence electrons. The minimum Gasteiger partial charge on any atom is -0.454 e. The van der Waals surface area contributed by atoms with Crippen LogP contribution in [0.25, 0.3) is 22.1 Å². The highest BCUT2D eigenvalue weighted by Crippen LogP contribution is 2.29. The van der Waals surface area contributed by atoms with E-state index in [9.17, 15) is 4.79 Å². The highest BCUT2D eigenvalue weighted by Gasteiger charge is 2.12. The van der Waals surface area contributed by atoms with Crippen LogP contribution in [0.4, 0.5) is 0 Å². The maximum absolute atomic E-state index is 10.8. The number of benzene rings is 1. The number of nitrogens with zero attached hydrogens (tertiary/aromatic N) is 1. The minimum atomic E-state index is 0.634. The molecule has 2 aromatic heterocycles. The Kier molecular flexibility index (Phi) is 1.51. The van der Waals surface area contributed by atoms with E-state index in [1.54, 1.807) is 6.07 Å². The van der Waals surface area contributed by atoms with E-state index in [0.717, 1.165) is 28.4 Å².